The van der Waals surface area contributed by atoms with Crippen LogP contribution in [0.15, 0.2) is 41.6 Å². The van der Waals surface area contributed by atoms with Crippen LogP contribution in [0.5, 0.6) is 5.75 Å². The fourth-order valence-corrected chi connectivity index (χ4v) is 5.26. The molecule has 10 nitrogen and oxygen atoms in total. The molecule has 2 aromatic heterocycles. The molecule has 3 heterocycles. The summed E-state index contributed by atoms with van der Waals surface area (Å²) < 4.78 is 67.9. The number of rotatable bonds is 7. The van der Waals surface area contributed by atoms with E-state index >= 15 is 4.39 Å². The molecule has 2 amide bonds. The number of carbonyl (C=O) groups excluding carboxylic acids is 2. The monoisotopic (exact) mass is 650 g/mol. The smallest absolute Gasteiger partial charge is 0.447 e. The molecule has 4 rings (SSSR count). The number of aromatic nitrogens is 2. The van der Waals surface area contributed by atoms with Gasteiger partial charge in [-0.3, -0.25) is 9.20 Å². The number of imidazole rings is 1. The number of fused-ring (bicyclic) bond motifs is 1. The van der Waals surface area contributed by atoms with Gasteiger partial charge in [0.2, 0.25) is 0 Å². The Bertz CT molecular complexity index is 1610. The van der Waals surface area contributed by atoms with Crippen LogP contribution in [0.1, 0.15) is 43.2 Å². The molecule has 45 heavy (non-hydrogen) atoms. The lowest BCUT2D eigenvalue weighted by atomic mass is 10.0. The highest BCUT2D eigenvalue weighted by molar-refractivity contribution is 8.00. The van der Waals surface area contributed by atoms with Gasteiger partial charge in [-0.05, 0) is 63.4 Å². The van der Waals surface area contributed by atoms with Gasteiger partial charge in [-0.15, -0.1) is 0 Å². The summed E-state index contributed by atoms with van der Waals surface area (Å²) in [6, 6.07) is 7.20. The average Bonchev–Trinajstić information content (AvgIpc) is 3.31. The summed E-state index contributed by atoms with van der Waals surface area (Å²) in [5.74, 6) is 5.61. The van der Waals surface area contributed by atoms with Gasteiger partial charge in [0.15, 0.2) is 5.65 Å². The average molecular weight is 651 g/mol. The van der Waals surface area contributed by atoms with E-state index in [0.29, 0.717) is 22.7 Å². The molecule has 1 saturated heterocycles. The van der Waals surface area contributed by atoms with E-state index in [1.165, 1.54) is 35.7 Å². The van der Waals surface area contributed by atoms with Crippen LogP contribution in [0.25, 0.3) is 5.65 Å². The number of ether oxygens (including phenoxy) is 2. The van der Waals surface area contributed by atoms with Crippen LogP contribution < -0.4 is 20.7 Å². The Morgan fingerprint density at radius 3 is 2.58 bits per heavy atom. The number of anilines is 2. The van der Waals surface area contributed by atoms with E-state index in [1.807, 2.05) is 0 Å². The van der Waals surface area contributed by atoms with E-state index < -0.39 is 29.4 Å². The van der Waals surface area contributed by atoms with Gasteiger partial charge in [0.05, 0.1) is 37.6 Å². The van der Waals surface area contributed by atoms with Crippen molar-refractivity contribution in [2.24, 2.45) is 0 Å². The van der Waals surface area contributed by atoms with E-state index in [0.717, 1.165) is 0 Å². The third-order valence-corrected chi connectivity index (χ3v) is 7.43. The van der Waals surface area contributed by atoms with E-state index in [4.69, 9.17) is 9.47 Å². The Hall–Kier alpha value is -4.32. The zero-order chi connectivity index (χ0) is 32.9. The maximum atomic E-state index is 15.2. The molecule has 0 radical (unpaired) electrons. The number of benzene rings is 1. The first-order valence-electron chi connectivity index (χ1n) is 14.0. The van der Waals surface area contributed by atoms with Crippen molar-refractivity contribution in [1.82, 2.24) is 19.6 Å². The number of piperidine rings is 1. The van der Waals surface area contributed by atoms with E-state index in [1.54, 1.807) is 45.0 Å². The lowest BCUT2D eigenvalue weighted by Gasteiger charge is -2.36. The fourth-order valence-electron chi connectivity index (χ4n) is 4.60. The van der Waals surface area contributed by atoms with Crippen molar-refractivity contribution in [2.45, 2.75) is 55.5 Å². The van der Waals surface area contributed by atoms with Gasteiger partial charge in [-0.1, -0.05) is 5.92 Å². The largest absolute Gasteiger partial charge is 0.495 e. The van der Waals surface area contributed by atoms with Crippen LogP contribution in [0, 0.1) is 11.8 Å². The number of halogens is 4. The van der Waals surface area contributed by atoms with Gasteiger partial charge < -0.3 is 30.3 Å². The van der Waals surface area contributed by atoms with Gasteiger partial charge in [-0.2, -0.15) is 13.2 Å². The second kappa shape index (κ2) is 13.8. The molecule has 0 bridgehead atoms. The standard InChI is InChI=1S/C30H34F4N6O4S/c1-29(2,3)44-28(42)39-15-12-20(19(31)17-39)37-22-9-7-14-40-25(22)38-23(27(40)45-30(32,33)34)8-6-13-36-21-11-10-18(26(41)35-4)16-24(21)43-5/h7,9-11,14,16,19-20,36-37H,12-13,15,17H2,1-5H3,(H,35,41)/t19-,20+/m0/s1. The lowest BCUT2D eigenvalue weighted by molar-refractivity contribution is -0.0330. The topological polar surface area (TPSA) is 109 Å². The highest BCUT2D eigenvalue weighted by atomic mass is 32.2. The van der Waals surface area contributed by atoms with E-state index in [9.17, 15) is 22.8 Å². The van der Waals surface area contributed by atoms with Gasteiger partial charge in [-0.25, -0.2) is 14.2 Å². The first-order valence-corrected chi connectivity index (χ1v) is 14.8. The number of nitrogens with one attached hydrogen (secondary N) is 3. The predicted octanol–water partition coefficient (Wildman–Crippen LogP) is 5.54. The van der Waals surface area contributed by atoms with Crippen LogP contribution in [0.2, 0.25) is 0 Å². The molecule has 1 aromatic carbocycles. The van der Waals surface area contributed by atoms with Crippen LogP contribution in [-0.4, -0.2) is 83.4 Å². The summed E-state index contributed by atoms with van der Waals surface area (Å²) in [6.45, 7) is 5.26. The minimum Gasteiger partial charge on any atom is -0.495 e. The molecular weight excluding hydrogens is 616 g/mol. The molecule has 15 heteroatoms. The van der Waals surface area contributed by atoms with Gasteiger partial charge in [0.1, 0.15) is 28.2 Å². The number of nitrogens with zero attached hydrogens (tertiary/aromatic N) is 3. The molecule has 0 saturated carbocycles. The first-order chi connectivity index (χ1) is 21.2. The summed E-state index contributed by atoms with van der Waals surface area (Å²) in [5, 5.41) is 8.39. The summed E-state index contributed by atoms with van der Waals surface area (Å²) in [4.78, 5) is 30.0. The van der Waals surface area contributed by atoms with Crippen LogP contribution in [0.4, 0.5) is 33.7 Å². The summed E-state index contributed by atoms with van der Waals surface area (Å²) in [6.07, 6.45) is -0.386. The summed E-state index contributed by atoms with van der Waals surface area (Å²) in [7, 11) is 2.95. The quantitative estimate of drug-likeness (QED) is 0.174. The lowest BCUT2D eigenvalue weighted by Crippen LogP contribution is -2.51. The minimum atomic E-state index is -4.62. The van der Waals surface area contributed by atoms with Crippen LogP contribution in [0.3, 0.4) is 0 Å². The highest BCUT2D eigenvalue weighted by Crippen LogP contribution is 2.39. The number of alkyl halides is 4. The van der Waals surface area contributed by atoms with Crippen LogP contribution in [-0.2, 0) is 4.74 Å². The predicted molar refractivity (Wildman–Crippen MR) is 164 cm³/mol. The normalized spacial score (nSPS) is 16.9. The Balaban J connectivity index is 1.54. The number of hydrogen-bond donors (Lipinski definition) is 3. The number of carbonyl (C=O) groups is 2. The van der Waals surface area contributed by atoms with Crippen LogP contribution >= 0.6 is 11.8 Å². The first kappa shape index (κ1) is 33.6. The molecule has 1 fully saturated rings. The van der Waals surface area contributed by atoms with E-state index in [2.05, 4.69) is 32.8 Å². The van der Waals surface area contributed by atoms with Crippen molar-refractivity contribution in [2.75, 3.05) is 44.4 Å². The van der Waals surface area contributed by atoms with Crippen molar-refractivity contribution in [3.63, 3.8) is 0 Å². The Kier molecular flexibility index (Phi) is 10.3. The molecule has 3 N–H and O–H groups in total. The molecular formula is C30H34F4N6O4S. The second-order valence-corrected chi connectivity index (χ2v) is 12.1. The third kappa shape index (κ3) is 8.65. The zero-order valence-electron chi connectivity index (χ0n) is 25.3. The van der Waals surface area contributed by atoms with E-state index in [-0.39, 0.29) is 60.1 Å². The molecule has 1 aliphatic rings. The molecule has 1 aliphatic heterocycles. The number of likely N-dealkylation sites (tertiary alicyclic amines) is 1. The number of hydrogen-bond acceptors (Lipinski definition) is 8. The highest BCUT2D eigenvalue weighted by Gasteiger charge is 2.35. The molecule has 3 aromatic rings. The molecule has 0 aliphatic carbocycles. The number of methoxy groups -OCH3 is 1. The Morgan fingerprint density at radius 2 is 1.93 bits per heavy atom. The maximum absolute atomic E-state index is 15.2. The third-order valence-electron chi connectivity index (χ3n) is 6.62. The van der Waals surface area contributed by atoms with Crippen molar-refractivity contribution in [3.8, 4) is 17.6 Å². The van der Waals surface area contributed by atoms with Crippen molar-refractivity contribution in [3.05, 3.63) is 47.8 Å². The summed E-state index contributed by atoms with van der Waals surface area (Å²) in [5.41, 5.74) is -4.05. The Labute approximate surface area is 262 Å². The molecule has 0 spiro atoms. The van der Waals surface area contributed by atoms with Crippen molar-refractivity contribution in [1.29, 1.82) is 0 Å². The minimum absolute atomic E-state index is 0.0323. The van der Waals surface area contributed by atoms with Gasteiger partial charge in [0.25, 0.3) is 5.91 Å². The van der Waals surface area contributed by atoms with Gasteiger partial charge >= 0.3 is 11.6 Å². The molecule has 2 atom stereocenters. The second-order valence-electron chi connectivity index (χ2n) is 11.1. The molecule has 0 unspecified atom stereocenters. The Morgan fingerprint density at radius 1 is 1.18 bits per heavy atom. The molecule has 242 valence electrons. The SMILES string of the molecule is CNC(=O)c1ccc(NCC#Cc2nc3c(N[C@@H]4CCN(C(=O)OC(C)(C)C)C[C@@H]4F)cccn3c2SC(F)(F)F)c(OC)c1. The van der Waals surface area contributed by atoms with Crippen molar-refractivity contribution >= 4 is 40.8 Å². The number of pyridine rings is 1. The number of amides is 2. The number of thioether (sulfide) groups is 1. The van der Waals surface area contributed by atoms with Crippen molar-refractivity contribution < 1.29 is 36.6 Å². The zero-order valence-corrected chi connectivity index (χ0v) is 26.2. The van der Waals surface area contributed by atoms with Gasteiger partial charge in [0, 0.05) is 37.1 Å². The maximum Gasteiger partial charge on any atom is 0.447 e. The fraction of sp³-hybridized carbons (Fsp3) is 0.433. The summed E-state index contributed by atoms with van der Waals surface area (Å²) >= 11 is -0.347.